The lowest BCUT2D eigenvalue weighted by Crippen LogP contribution is -2.18. The molecule has 0 heterocycles. The van der Waals surface area contributed by atoms with Gasteiger partial charge in [0, 0.05) is 5.56 Å². The fourth-order valence-corrected chi connectivity index (χ4v) is 2.86. The molecule has 1 aliphatic rings. The minimum atomic E-state index is -0.140. The summed E-state index contributed by atoms with van der Waals surface area (Å²) in [5.74, 6) is 0.514. The van der Waals surface area contributed by atoms with E-state index in [4.69, 9.17) is 4.74 Å². The molecule has 1 unspecified atom stereocenters. The zero-order valence-corrected chi connectivity index (χ0v) is 13.7. The highest BCUT2D eigenvalue weighted by molar-refractivity contribution is 5.85. The number of benzene rings is 2. The third-order valence-electron chi connectivity index (χ3n) is 4.51. The van der Waals surface area contributed by atoms with Gasteiger partial charge in [0.15, 0.2) is 0 Å². The highest BCUT2D eigenvalue weighted by Gasteiger charge is 2.19. The summed E-state index contributed by atoms with van der Waals surface area (Å²) in [6, 6.07) is 16.4. The van der Waals surface area contributed by atoms with Gasteiger partial charge in [-0.3, -0.25) is 4.79 Å². The molecule has 23 heavy (non-hydrogen) atoms. The third-order valence-corrected chi connectivity index (χ3v) is 4.51. The standard InChI is InChI=1S/C21H22O2/c1-3-15(2)21(22)23-20-11-7-10-18-14-17(12-13-19(18)20)16-8-5-4-6-9-16/h4-11,14-15H,3,12-13H2,1-2H3. The molecular weight excluding hydrogens is 284 g/mol. The van der Waals surface area contributed by atoms with E-state index in [9.17, 15) is 4.79 Å². The molecule has 2 nitrogen and oxygen atoms in total. The highest BCUT2D eigenvalue weighted by Crippen LogP contribution is 2.35. The fraction of sp³-hybridized carbons (Fsp3) is 0.286. The smallest absolute Gasteiger partial charge is 0.314 e. The van der Waals surface area contributed by atoms with E-state index < -0.39 is 0 Å². The van der Waals surface area contributed by atoms with Crippen LogP contribution in [0.25, 0.3) is 11.6 Å². The van der Waals surface area contributed by atoms with Crippen molar-refractivity contribution in [1.82, 2.24) is 0 Å². The molecule has 1 aliphatic carbocycles. The summed E-state index contributed by atoms with van der Waals surface area (Å²) in [5.41, 5.74) is 4.90. The van der Waals surface area contributed by atoms with E-state index in [1.807, 2.05) is 32.0 Å². The van der Waals surface area contributed by atoms with Gasteiger partial charge in [0.2, 0.25) is 0 Å². The van der Waals surface area contributed by atoms with Gasteiger partial charge < -0.3 is 4.74 Å². The summed E-state index contributed by atoms with van der Waals surface area (Å²) in [7, 11) is 0. The lowest BCUT2D eigenvalue weighted by molar-refractivity contribution is -0.138. The number of fused-ring (bicyclic) bond motifs is 1. The maximum atomic E-state index is 12.1. The van der Waals surface area contributed by atoms with Crippen LogP contribution >= 0.6 is 0 Å². The van der Waals surface area contributed by atoms with Crippen LogP contribution in [0.15, 0.2) is 48.5 Å². The van der Waals surface area contributed by atoms with Gasteiger partial charge in [-0.15, -0.1) is 0 Å². The molecule has 0 radical (unpaired) electrons. The molecule has 0 fully saturated rings. The Morgan fingerprint density at radius 3 is 2.61 bits per heavy atom. The Morgan fingerprint density at radius 1 is 1.09 bits per heavy atom. The molecular formula is C21H22O2. The Labute approximate surface area is 137 Å². The molecule has 0 aromatic heterocycles. The minimum absolute atomic E-state index is 0.0649. The Hall–Kier alpha value is -2.35. The van der Waals surface area contributed by atoms with Gasteiger partial charge in [0.25, 0.3) is 0 Å². The van der Waals surface area contributed by atoms with Crippen molar-refractivity contribution in [2.75, 3.05) is 0 Å². The van der Waals surface area contributed by atoms with Crippen molar-refractivity contribution >= 4 is 17.6 Å². The molecule has 0 aliphatic heterocycles. The van der Waals surface area contributed by atoms with Crippen molar-refractivity contribution in [1.29, 1.82) is 0 Å². The maximum Gasteiger partial charge on any atom is 0.314 e. The summed E-state index contributed by atoms with van der Waals surface area (Å²) in [6.07, 6.45) is 4.88. The number of ether oxygens (including phenoxy) is 1. The van der Waals surface area contributed by atoms with Crippen LogP contribution in [0.1, 0.15) is 43.4 Å². The van der Waals surface area contributed by atoms with Gasteiger partial charge in [-0.25, -0.2) is 0 Å². The van der Waals surface area contributed by atoms with E-state index in [-0.39, 0.29) is 11.9 Å². The second-order valence-corrected chi connectivity index (χ2v) is 6.09. The van der Waals surface area contributed by atoms with Gasteiger partial charge in [-0.2, -0.15) is 0 Å². The molecule has 3 rings (SSSR count). The molecule has 0 bridgehead atoms. The molecule has 2 heteroatoms. The Balaban J connectivity index is 1.89. The number of esters is 1. The highest BCUT2D eigenvalue weighted by atomic mass is 16.5. The number of allylic oxidation sites excluding steroid dienone is 1. The van der Waals surface area contributed by atoms with Crippen LogP contribution in [-0.2, 0) is 11.2 Å². The van der Waals surface area contributed by atoms with Crippen LogP contribution in [0.5, 0.6) is 5.75 Å². The van der Waals surface area contributed by atoms with Gasteiger partial charge in [0.05, 0.1) is 5.92 Å². The van der Waals surface area contributed by atoms with Crippen LogP contribution in [0, 0.1) is 5.92 Å². The second-order valence-electron chi connectivity index (χ2n) is 6.09. The molecule has 0 amide bonds. The van der Waals surface area contributed by atoms with Crippen molar-refractivity contribution in [2.24, 2.45) is 5.92 Å². The largest absolute Gasteiger partial charge is 0.426 e. The number of hydrogen-bond acceptors (Lipinski definition) is 2. The van der Waals surface area contributed by atoms with E-state index in [2.05, 4.69) is 36.4 Å². The maximum absolute atomic E-state index is 12.1. The zero-order chi connectivity index (χ0) is 16.2. The first-order chi connectivity index (χ1) is 11.2. The predicted octanol–water partition coefficient (Wildman–Crippen LogP) is 5.12. The van der Waals surface area contributed by atoms with E-state index in [1.54, 1.807) is 0 Å². The molecule has 2 aromatic carbocycles. The molecule has 0 saturated carbocycles. The SMILES string of the molecule is CCC(C)C(=O)Oc1cccc2c1CCC(c1ccccc1)=C2. The van der Waals surface area contributed by atoms with Crippen LogP contribution in [0.2, 0.25) is 0 Å². The normalized spacial score (nSPS) is 14.6. The van der Waals surface area contributed by atoms with Crippen LogP contribution in [0.4, 0.5) is 0 Å². The summed E-state index contributed by atoms with van der Waals surface area (Å²) in [6.45, 7) is 3.91. The first-order valence-corrected chi connectivity index (χ1v) is 8.28. The summed E-state index contributed by atoms with van der Waals surface area (Å²) < 4.78 is 5.64. The quantitative estimate of drug-likeness (QED) is 0.578. The molecule has 2 aromatic rings. The Morgan fingerprint density at radius 2 is 1.87 bits per heavy atom. The monoisotopic (exact) mass is 306 g/mol. The Kier molecular flexibility index (Phi) is 4.61. The van der Waals surface area contributed by atoms with Gasteiger partial charge in [-0.05, 0) is 42.0 Å². The minimum Gasteiger partial charge on any atom is -0.426 e. The predicted molar refractivity (Wildman–Crippen MR) is 94.2 cm³/mol. The third kappa shape index (κ3) is 3.37. The summed E-state index contributed by atoms with van der Waals surface area (Å²) in [5, 5.41) is 0. The molecule has 0 saturated heterocycles. The lowest BCUT2D eigenvalue weighted by Gasteiger charge is -2.20. The summed E-state index contributed by atoms with van der Waals surface area (Å²) in [4.78, 5) is 12.1. The molecule has 0 spiro atoms. The van der Waals surface area contributed by atoms with E-state index in [1.165, 1.54) is 11.1 Å². The average molecular weight is 306 g/mol. The topological polar surface area (TPSA) is 26.3 Å². The van der Waals surface area contributed by atoms with E-state index >= 15 is 0 Å². The van der Waals surface area contributed by atoms with Crippen molar-refractivity contribution in [3.63, 3.8) is 0 Å². The van der Waals surface area contributed by atoms with Crippen LogP contribution in [0.3, 0.4) is 0 Å². The first kappa shape index (κ1) is 15.5. The molecule has 1 atom stereocenters. The van der Waals surface area contributed by atoms with Gasteiger partial charge in [-0.1, -0.05) is 62.4 Å². The number of hydrogen-bond donors (Lipinski definition) is 0. The number of carbonyl (C=O) groups is 1. The van der Waals surface area contributed by atoms with Crippen molar-refractivity contribution in [3.05, 3.63) is 65.2 Å². The van der Waals surface area contributed by atoms with Crippen molar-refractivity contribution in [3.8, 4) is 5.75 Å². The average Bonchev–Trinajstić information content (AvgIpc) is 2.61. The zero-order valence-electron chi connectivity index (χ0n) is 13.7. The van der Waals surface area contributed by atoms with Gasteiger partial charge in [0.1, 0.15) is 5.75 Å². The molecule has 118 valence electrons. The van der Waals surface area contributed by atoms with Gasteiger partial charge >= 0.3 is 5.97 Å². The Bertz CT molecular complexity index is 729. The van der Waals surface area contributed by atoms with Crippen LogP contribution < -0.4 is 4.74 Å². The molecule has 0 N–H and O–H groups in total. The van der Waals surface area contributed by atoms with E-state index in [0.717, 1.165) is 36.1 Å². The fourth-order valence-electron chi connectivity index (χ4n) is 2.86. The lowest BCUT2D eigenvalue weighted by atomic mass is 9.88. The van der Waals surface area contributed by atoms with Crippen LogP contribution in [-0.4, -0.2) is 5.97 Å². The first-order valence-electron chi connectivity index (χ1n) is 8.28. The second kappa shape index (κ2) is 6.82. The van der Waals surface area contributed by atoms with Crippen molar-refractivity contribution in [2.45, 2.75) is 33.1 Å². The number of rotatable bonds is 4. The number of carbonyl (C=O) groups excluding carboxylic acids is 1. The van der Waals surface area contributed by atoms with Crippen molar-refractivity contribution < 1.29 is 9.53 Å². The summed E-state index contributed by atoms with van der Waals surface area (Å²) >= 11 is 0. The van der Waals surface area contributed by atoms with E-state index in [0.29, 0.717) is 0 Å².